The Morgan fingerprint density at radius 2 is 2.11 bits per heavy atom. The van der Waals surface area contributed by atoms with Crippen LogP contribution in [0.15, 0.2) is 36.5 Å². The third-order valence-electron chi connectivity index (χ3n) is 2.87. The Kier molecular flexibility index (Phi) is 2.45. The van der Waals surface area contributed by atoms with Crippen molar-refractivity contribution in [3.05, 3.63) is 47.1 Å². The van der Waals surface area contributed by atoms with Gasteiger partial charge in [-0.2, -0.15) is 0 Å². The van der Waals surface area contributed by atoms with Crippen LogP contribution >= 0.6 is 11.6 Å². The molecule has 0 aliphatic rings. The number of benzene rings is 1. The number of anilines is 1. The number of hydrogen-bond donors (Lipinski definition) is 1. The Labute approximate surface area is 109 Å². The second-order valence-corrected chi connectivity index (χ2v) is 4.51. The molecule has 0 aliphatic carbocycles. The standard InChI is InChI=1S/C13H11ClN4/c1-8-4-5-9(7-11(8)14)18-13-10(12(15)17-18)3-2-6-16-13/h2-7H,1H3,(H2,15,17). The Balaban J connectivity index is 2.28. The van der Waals surface area contributed by atoms with Gasteiger partial charge in [-0.05, 0) is 36.8 Å². The fourth-order valence-electron chi connectivity index (χ4n) is 1.87. The number of pyridine rings is 1. The second kappa shape index (κ2) is 3.99. The van der Waals surface area contributed by atoms with Crippen LogP contribution < -0.4 is 5.73 Å². The van der Waals surface area contributed by atoms with E-state index in [0.29, 0.717) is 10.8 Å². The van der Waals surface area contributed by atoms with E-state index in [1.807, 2.05) is 37.3 Å². The third kappa shape index (κ3) is 1.62. The molecule has 2 heterocycles. The molecule has 0 spiro atoms. The molecule has 2 N–H and O–H groups in total. The predicted molar refractivity (Wildman–Crippen MR) is 73.0 cm³/mol. The van der Waals surface area contributed by atoms with Crippen LogP contribution in [0, 0.1) is 6.92 Å². The summed E-state index contributed by atoms with van der Waals surface area (Å²) in [7, 11) is 0. The molecule has 3 aromatic rings. The molecular weight excluding hydrogens is 248 g/mol. The van der Waals surface area contributed by atoms with Crippen molar-refractivity contribution in [1.29, 1.82) is 0 Å². The first-order valence-electron chi connectivity index (χ1n) is 5.52. The molecule has 90 valence electrons. The minimum Gasteiger partial charge on any atom is -0.382 e. The topological polar surface area (TPSA) is 56.7 Å². The molecule has 0 atom stereocenters. The van der Waals surface area contributed by atoms with Gasteiger partial charge >= 0.3 is 0 Å². The zero-order valence-corrected chi connectivity index (χ0v) is 10.5. The lowest BCUT2D eigenvalue weighted by Crippen LogP contribution is -1.98. The van der Waals surface area contributed by atoms with Gasteiger partial charge in [-0.15, -0.1) is 5.10 Å². The fraction of sp³-hybridized carbons (Fsp3) is 0.0769. The van der Waals surface area contributed by atoms with E-state index in [1.165, 1.54) is 0 Å². The van der Waals surface area contributed by atoms with Crippen molar-refractivity contribution in [2.75, 3.05) is 5.73 Å². The van der Waals surface area contributed by atoms with Crippen LogP contribution in [0.3, 0.4) is 0 Å². The molecule has 2 aromatic heterocycles. The van der Waals surface area contributed by atoms with Gasteiger partial charge in [0.2, 0.25) is 0 Å². The van der Waals surface area contributed by atoms with Gasteiger partial charge in [0.25, 0.3) is 0 Å². The zero-order chi connectivity index (χ0) is 12.7. The van der Waals surface area contributed by atoms with E-state index >= 15 is 0 Å². The number of halogens is 1. The predicted octanol–water partition coefficient (Wildman–Crippen LogP) is 2.96. The van der Waals surface area contributed by atoms with Crippen LogP contribution in [0.2, 0.25) is 5.02 Å². The lowest BCUT2D eigenvalue weighted by molar-refractivity contribution is 0.902. The average Bonchev–Trinajstić information content (AvgIpc) is 2.71. The van der Waals surface area contributed by atoms with Gasteiger partial charge in [0.1, 0.15) is 0 Å². The Morgan fingerprint density at radius 3 is 2.89 bits per heavy atom. The molecular formula is C13H11ClN4. The number of rotatable bonds is 1. The van der Waals surface area contributed by atoms with E-state index in [0.717, 1.165) is 22.3 Å². The molecule has 4 nitrogen and oxygen atoms in total. The summed E-state index contributed by atoms with van der Waals surface area (Å²) in [5, 5.41) is 5.85. The molecule has 0 radical (unpaired) electrons. The van der Waals surface area contributed by atoms with E-state index in [1.54, 1.807) is 10.9 Å². The van der Waals surface area contributed by atoms with Crippen molar-refractivity contribution in [1.82, 2.24) is 14.8 Å². The van der Waals surface area contributed by atoms with Crippen molar-refractivity contribution in [3.63, 3.8) is 0 Å². The van der Waals surface area contributed by atoms with Crippen LogP contribution in [0.25, 0.3) is 16.7 Å². The molecule has 5 heteroatoms. The molecule has 3 rings (SSSR count). The highest BCUT2D eigenvalue weighted by atomic mass is 35.5. The first-order valence-corrected chi connectivity index (χ1v) is 5.90. The maximum absolute atomic E-state index is 6.13. The Bertz CT molecular complexity index is 733. The summed E-state index contributed by atoms with van der Waals surface area (Å²) in [6.07, 6.45) is 1.72. The summed E-state index contributed by atoms with van der Waals surface area (Å²) in [5.74, 6) is 0.467. The van der Waals surface area contributed by atoms with Crippen LogP contribution in [0.4, 0.5) is 5.82 Å². The molecule has 0 saturated carbocycles. The third-order valence-corrected chi connectivity index (χ3v) is 3.28. The number of aromatic nitrogens is 3. The van der Waals surface area contributed by atoms with Gasteiger partial charge in [0.15, 0.2) is 11.5 Å². The van der Waals surface area contributed by atoms with E-state index in [2.05, 4.69) is 10.1 Å². The Hall–Kier alpha value is -2.07. The van der Waals surface area contributed by atoms with E-state index < -0.39 is 0 Å². The number of fused-ring (bicyclic) bond motifs is 1. The zero-order valence-electron chi connectivity index (χ0n) is 9.76. The molecule has 0 bridgehead atoms. The number of nitrogens with zero attached hydrogens (tertiary/aromatic N) is 3. The number of hydrogen-bond acceptors (Lipinski definition) is 3. The first-order chi connectivity index (χ1) is 8.66. The minimum atomic E-state index is 0.467. The van der Waals surface area contributed by atoms with Crippen molar-refractivity contribution in [2.45, 2.75) is 6.92 Å². The quantitative estimate of drug-likeness (QED) is 0.730. The summed E-state index contributed by atoms with van der Waals surface area (Å²) in [5.41, 5.74) is 8.49. The van der Waals surface area contributed by atoms with Crippen LogP contribution in [-0.4, -0.2) is 14.8 Å². The van der Waals surface area contributed by atoms with Crippen LogP contribution in [0.5, 0.6) is 0 Å². The van der Waals surface area contributed by atoms with Crippen molar-refractivity contribution in [3.8, 4) is 5.69 Å². The average molecular weight is 259 g/mol. The molecule has 1 aromatic carbocycles. The monoisotopic (exact) mass is 258 g/mol. The molecule has 18 heavy (non-hydrogen) atoms. The van der Waals surface area contributed by atoms with E-state index in [9.17, 15) is 0 Å². The number of nitrogens with two attached hydrogens (primary N) is 1. The number of nitrogen functional groups attached to an aromatic ring is 1. The van der Waals surface area contributed by atoms with Gasteiger partial charge in [-0.3, -0.25) is 0 Å². The fourth-order valence-corrected chi connectivity index (χ4v) is 2.04. The summed E-state index contributed by atoms with van der Waals surface area (Å²) < 4.78 is 1.70. The molecule has 0 amide bonds. The Morgan fingerprint density at radius 1 is 1.28 bits per heavy atom. The van der Waals surface area contributed by atoms with Crippen molar-refractivity contribution in [2.24, 2.45) is 0 Å². The summed E-state index contributed by atoms with van der Waals surface area (Å²) >= 11 is 6.13. The second-order valence-electron chi connectivity index (χ2n) is 4.11. The van der Waals surface area contributed by atoms with Crippen molar-refractivity contribution < 1.29 is 0 Å². The molecule has 0 unspecified atom stereocenters. The lowest BCUT2D eigenvalue weighted by atomic mass is 10.2. The highest BCUT2D eigenvalue weighted by Gasteiger charge is 2.10. The van der Waals surface area contributed by atoms with E-state index in [4.69, 9.17) is 17.3 Å². The summed E-state index contributed by atoms with van der Waals surface area (Å²) in [6.45, 7) is 1.96. The normalized spacial score (nSPS) is 11.0. The smallest absolute Gasteiger partial charge is 0.165 e. The van der Waals surface area contributed by atoms with Gasteiger partial charge in [0, 0.05) is 11.2 Å². The minimum absolute atomic E-state index is 0.467. The van der Waals surface area contributed by atoms with Gasteiger partial charge in [-0.1, -0.05) is 17.7 Å². The maximum Gasteiger partial charge on any atom is 0.165 e. The van der Waals surface area contributed by atoms with E-state index in [-0.39, 0.29) is 0 Å². The highest BCUT2D eigenvalue weighted by Crippen LogP contribution is 2.24. The molecule has 0 fully saturated rings. The summed E-state index contributed by atoms with van der Waals surface area (Å²) in [4.78, 5) is 4.31. The first kappa shape index (κ1) is 11.0. The molecule has 0 saturated heterocycles. The van der Waals surface area contributed by atoms with Crippen LogP contribution in [0.1, 0.15) is 5.56 Å². The van der Waals surface area contributed by atoms with Crippen molar-refractivity contribution >= 4 is 28.5 Å². The lowest BCUT2D eigenvalue weighted by Gasteiger charge is -2.04. The molecule has 0 aliphatic heterocycles. The van der Waals surface area contributed by atoms with Gasteiger partial charge in [-0.25, -0.2) is 9.67 Å². The van der Waals surface area contributed by atoms with Gasteiger partial charge in [0.05, 0.1) is 11.1 Å². The maximum atomic E-state index is 6.13. The highest BCUT2D eigenvalue weighted by molar-refractivity contribution is 6.31. The largest absolute Gasteiger partial charge is 0.382 e. The summed E-state index contributed by atoms with van der Waals surface area (Å²) in [6, 6.07) is 9.49. The van der Waals surface area contributed by atoms with Gasteiger partial charge < -0.3 is 5.73 Å². The SMILES string of the molecule is Cc1ccc(-n2nc(N)c3cccnc32)cc1Cl. The van der Waals surface area contributed by atoms with Crippen LogP contribution in [-0.2, 0) is 0 Å². The number of aryl methyl sites for hydroxylation is 1.